The summed E-state index contributed by atoms with van der Waals surface area (Å²) in [5.74, 6) is 0.717. The first kappa shape index (κ1) is 12.8. The smallest absolute Gasteiger partial charge is 0.274 e. The Balaban J connectivity index is 2.05. The molecule has 1 aliphatic heterocycles. The first-order chi connectivity index (χ1) is 8.74. The van der Waals surface area contributed by atoms with Gasteiger partial charge in [0.05, 0.1) is 0 Å². The summed E-state index contributed by atoms with van der Waals surface area (Å²) < 4.78 is 0. The molecule has 1 aliphatic rings. The fourth-order valence-corrected chi connectivity index (χ4v) is 2.14. The van der Waals surface area contributed by atoms with Crippen LogP contribution in [0.4, 0.5) is 5.82 Å². The van der Waals surface area contributed by atoms with E-state index in [0.717, 1.165) is 19.4 Å². The highest BCUT2D eigenvalue weighted by atomic mass is 16.3. The molecule has 0 radical (unpaired) electrons. The zero-order valence-electron chi connectivity index (χ0n) is 10.5. The van der Waals surface area contributed by atoms with Crippen LogP contribution >= 0.6 is 0 Å². The van der Waals surface area contributed by atoms with E-state index < -0.39 is 0 Å². The van der Waals surface area contributed by atoms with Crippen LogP contribution in [-0.2, 0) is 0 Å². The summed E-state index contributed by atoms with van der Waals surface area (Å²) in [7, 11) is 1.75. The van der Waals surface area contributed by atoms with E-state index in [-0.39, 0.29) is 18.4 Å². The Morgan fingerprint density at radius 1 is 1.56 bits per heavy atom. The van der Waals surface area contributed by atoms with Gasteiger partial charge in [0.2, 0.25) is 0 Å². The molecule has 0 aliphatic carbocycles. The Kier molecular flexibility index (Phi) is 4.09. The molecule has 98 valence electrons. The molecule has 0 bridgehead atoms. The molecule has 0 aromatic carbocycles. The summed E-state index contributed by atoms with van der Waals surface area (Å²) in [5.41, 5.74) is 0.354. The number of aliphatic hydroxyl groups is 1. The van der Waals surface area contributed by atoms with Crippen LogP contribution in [0.1, 0.15) is 23.3 Å². The molecule has 0 spiro atoms. The van der Waals surface area contributed by atoms with Crippen LogP contribution in [0.25, 0.3) is 0 Å². The molecule has 6 heteroatoms. The number of hydrogen-bond donors (Lipinski definition) is 2. The fourth-order valence-electron chi connectivity index (χ4n) is 2.14. The van der Waals surface area contributed by atoms with Gasteiger partial charge in [0.1, 0.15) is 5.82 Å². The molecule has 2 rings (SSSR count). The SMILES string of the molecule is CNc1ccc(C(=O)N2CCCC(CO)C2)nn1. The molecule has 2 heterocycles. The summed E-state index contributed by atoms with van der Waals surface area (Å²) in [6.45, 7) is 1.46. The zero-order valence-corrected chi connectivity index (χ0v) is 10.5. The lowest BCUT2D eigenvalue weighted by atomic mass is 9.99. The number of rotatable bonds is 3. The predicted molar refractivity (Wildman–Crippen MR) is 67.3 cm³/mol. The van der Waals surface area contributed by atoms with Crippen molar-refractivity contribution < 1.29 is 9.90 Å². The number of likely N-dealkylation sites (tertiary alicyclic amines) is 1. The van der Waals surface area contributed by atoms with Gasteiger partial charge < -0.3 is 15.3 Å². The van der Waals surface area contributed by atoms with E-state index in [0.29, 0.717) is 18.1 Å². The van der Waals surface area contributed by atoms with Gasteiger partial charge >= 0.3 is 0 Å². The number of carbonyl (C=O) groups is 1. The van der Waals surface area contributed by atoms with Crippen LogP contribution in [0.2, 0.25) is 0 Å². The quantitative estimate of drug-likeness (QED) is 0.810. The lowest BCUT2D eigenvalue weighted by molar-refractivity contribution is 0.0614. The van der Waals surface area contributed by atoms with Crippen LogP contribution in [0.5, 0.6) is 0 Å². The minimum Gasteiger partial charge on any atom is -0.396 e. The number of aliphatic hydroxyl groups excluding tert-OH is 1. The Morgan fingerprint density at radius 3 is 3.00 bits per heavy atom. The number of piperidine rings is 1. The van der Waals surface area contributed by atoms with Crippen molar-refractivity contribution in [3.8, 4) is 0 Å². The van der Waals surface area contributed by atoms with Gasteiger partial charge in [-0.3, -0.25) is 4.79 Å². The normalized spacial score (nSPS) is 19.7. The van der Waals surface area contributed by atoms with Crippen molar-refractivity contribution in [3.63, 3.8) is 0 Å². The molecule has 1 aromatic heterocycles. The highest BCUT2D eigenvalue weighted by molar-refractivity contribution is 5.92. The number of anilines is 1. The average Bonchev–Trinajstić information content (AvgIpc) is 2.46. The van der Waals surface area contributed by atoms with Gasteiger partial charge in [0.25, 0.3) is 5.91 Å². The summed E-state index contributed by atoms with van der Waals surface area (Å²) in [5, 5.41) is 19.8. The maximum atomic E-state index is 12.2. The molecule has 1 unspecified atom stereocenters. The van der Waals surface area contributed by atoms with Gasteiger partial charge in [0, 0.05) is 26.7 Å². The Bertz CT molecular complexity index is 407. The second kappa shape index (κ2) is 5.77. The number of carbonyl (C=O) groups excluding carboxylic acids is 1. The number of amides is 1. The molecular weight excluding hydrogens is 232 g/mol. The Labute approximate surface area is 106 Å². The van der Waals surface area contributed by atoms with Crippen molar-refractivity contribution in [1.29, 1.82) is 0 Å². The van der Waals surface area contributed by atoms with E-state index >= 15 is 0 Å². The van der Waals surface area contributed by atoms with Crippen molar-refractivity contribution in [2.24, 2.45) is 5.92 Å². The van der Waals surface area contributed by atoms with Crippen molar-refractivity contribution in [1.82, 2.24) is 15.1 Å². The Hall–Kier alpha value is -1.69. The predicted octanol–water partition coefficient (Wildman–Crippen LogP) is 0.363. The molecule has 2 N–H and O–H groups in total. The van der Waals surface area contributed by atoms with Gasteiger partial charge in [0.15, 0.2) is 5.69 Å². The van der Waals surface area contributed by atoms with Crippen molar-refractivity contribution >= 4 is 11.7 Å². The minimum atomic E-state index is -0.108. The molecule has 1 amide bonds. The van der Waals surface area contributed by atoms with E-state index in [4.69, 9.17) is 5.11 Å². The number of aromatic nitrogens is 2. The van der Waals surface area contributed by atoms with E-state index in [1.54, 1.807) is 24.1 Å². The molecule has 1 saturated heterocycles. The molecule has 1 fully saturated rings. The summed E-state index contributed by atoms with van der Waals surface area (Å²) >= 11 is 0. The lowest BCUT2D eigenvalue weighted by Crippen LogP contribution is -2.41. The fraction of sp³-hybridized carbons (Fsp3) is 0.583. The zero-order chi connectivity index (χ0) is 13.0. The van der Waals surface area contributed by atoms with Gasteiger partial charge in [-0.2, -0.15) is 0 Å². The van der Waals surface area contributed by atoms with E-state index in [9.17, 15) is 4.79 Å². The highest BCUT2D eigenvalue weighted by Gasteiger charge is 2.24. The molecule has 1 aromatic rings. The number of nitrogens with zero attached hydrogens (tertiary/aromatic N) is 3. The van der Waals surface area contributed by atoms with Crippen LogP contribution in [0, 0.1) is 5.92 Å². The third-order valence-corrected chi connectivity index (χ3v) is 3.20. The van der Waals surface area contributed by atoms with Crippen molar-refractivity contribution in [2.45, 2.75) is 12.8 Å². The maximum absolute atomic E-state index is 12.2. The first-order valence-electron chi connectivity index (χ1n) is 6.16. The standard InChI is InChI=1S/C12H18N4O2/c1-13-11-5-4-10(14-15-11)12(18)16-6-2-3-9(7-16)8-17/h4-5,9,17H,2-3,6-8H2,1H3,(H,13,15). The largest absolute Gasteiger partial charge is 0.396 e. The van der Waals surface area contributed by atoms with E-state index in [2.05, 4.69) is 15.5 Å². The van der Waals surface area contributed by atoms with E-state index in [1.165, 1.54) is 0 Å². The third kappa shape index (κ3) is 2.76. The van der Waals surface area contributed by atoms with Crippen molar-refractivity contribution in [3.05, 3.63) is 17.8 Å². The maximum Gasteiger partial charge on any atom is 0.274 e. The number of nitrogens with one attached hydrogen (secondary N) is 1. The van der Waals surface area contributed by atoms with Crippen molar-refractivity contribution in [2.75, 3.05) is 32.1 Å². The van der Waals surface area contributed by atoms with Crippen LogP contribution in [0.15, 0.2) is 12.1 Å². The lowest BCUT2D eigenvalue weighted by Gasteiger charge is -2.31. The summed E-state index contributed by atoms with van der Waals surface area (Å²) in [6.07, 6.45) is 1.91. The summed E-state index contributed by atoms with van der Waals surface area (Å²) in [4.78, 5) is 13.9. The van der Waals surface area contributed by atoms with Gasteiger partial charge in [-0.1, -0.05) is 0 Å². The van der Waals surface area contributed by atoms with Gasteiger partial charge in [-0.05, 0) is 30.9 Å². The minimum absolute atomic E-state index is 0.108. The van der Waals surface area contributed by atoms with Crippen LogP contribution in [0.3, 0.4) is 0 Å². The Morgan fingerprint density at radius 2 is 2.39 bits per heavy atom. The van der Waals surface area contributed by atoms with Gasteiger partial charge in [-0.15, -0.1) is 10.2 Å². The molecular formula is C12H18N4O2. The van der Waals surface area contributed by atoms with Crippen LogP contribution < -0.4 is 5.32 Å². The molecule has 6 nitrogen and oxygen atoms in total. The highest BCUT2D eigenvalue weighted by Crippen LogP contribution is 2.17. The molecule has 0 saturated carbocycles. The monoisotopic (exact) mass is 250 g/mol. The first-order valence-corrected chi connectivity index (χ1v) is 6.16. The molecule has 1 atom stereocenters. The number of hydrogen-bond acceptors (Lipinski definition) is 5. The third-order valence-electron chi connectivity index (χ3n) is 3.20. The molecule has 18 heavy (non-hydrogen) atoms. The average molecular weight is 250 g/mol. The van der Waals surface area contributed by atoms with Crippen LogP contribution in [-0.4, -0.2) is 52.9 Å². The second-order valence-corrected chi connectivity index (χ2v) is 4.50. The topological polar surface area (TPSA) is 78.4 Å². The summed E-state index contributed by atoms with van der Waals surface area (Å²) in [6, 6.07) is 3.40. The van der Waals surface area contributed by atoms with Gasteiger partial charge in [-0.25, -0.2) is 0 Å². The van der Waals surface area contributed by atoms with E-state index in [1.807, 2.05) is 0 Å². The second-order valence-electron chi connectivity index (χ2n) is 4.50.